The molecule has 0 amide bonds. The zero-order chi connectivity index (χ0) is 17.5. The number of hydrogen-bond acceptors (Lipinski definition) is 4. The zero-order valence-corrected chi connectivity index (χ0v) is 14.0. The molecular weight excluding hydrogens is 332 g/mol. The number of H-pyrrole nitrogens is 1. The summed E-state index contributed by atoms with van der Waals surface area (Å²) in [6, 6.07) is 4.19. The standard InChI is InChI=1S/C16H18N2O5S/c1-10-3-2-6-18(9-10)24(22,23)11-4-5-14-12(7-11)15(19)13(8-17-14)16(20)21/h4-5,7-8,10H,2-3,6,9H2,1H3,(H,17,19)(H,20,21). The maximum absolute atomic E-state index is 12.8. The number of pyridine rings is 1. The van der Waals surface area contributed by atoms with Crippen molar-refractivity contribution in [1.82, 2.24) is 9.29 Å². The van der Waals surface area contributed by atoms with Gasteiger partial charge in [-0.15, -0.1) is 0 Å². The van der Waals surface area contributed by atoms with Crippen molar-refractivity contribution in [3.8, 4) is 0 Å². The molecule has 0 spiro atoms. The van der Waals surface area contributed by atoms with Crippen molar-refractivity contribution in [2.45, 2.75) is 24.7 Å². The van der Waals surface area contributed by atoms with Crippen LogP contribution in [-0.2, 0) is 10.0 Å². The van der Waals surface area contributed by atoms with Gasteiger partial charge in [-0.3, -0.25) is 4.79 Å². The number of benzene rings is 1. The Morgan fingerprint density at radius 3 is 2.79 bits per heavy atom. The summed E-state index contributed by atoms with van der Waals surface area (Å²) in [5.74, 6) is -1.06. The maximum Gasteiger partial charge on any atom is 0.341 e. The normalized spacial score (nSPS) is 19.5. The van der Waals surface area contributed by atoms with Crippen LogP contribution in [-0.4, -0.2) is 41.9 Å². The van der Waals surface area contributed by atoms with Crippen molar-refractivity contribution in [3.63, 3.8) is 0 Å². The summed E-state index contributed by atoms with van der Waals surface area (Å²) in [5, 5.41) is 9.10. The number of nitrogens with one attached hydrogen (secondary N) is 1. The molecular formula is C16H18N2O5S. The highest BCUT2D eigenvalue weighted by Crippen LogP contribution is 2.24. The third-order valence-corrected chi connectivity index (χ3v) is 6.20. The average Bonchev–Trinajstić information content (AvgIpc) is 2.54. The molecule has 2 N–H and O–H groups in total. The zero-order valence-electron chi connectivity index (χ0n) is 13.2. The molecule has 0 saturated carbocycles. The molecule has 3 rings (SSSR count). The van der Waals surface area contributed by atoms with E-state index in [9.17, 15) is 18.0 Å². The van der Waals surface area contributed by atoms with Gasteiger partial charge in [0.15, 0.2) is 0 Å². The number of hydrogen-bond donors (Lipinski definition) is 2. The van der Waals surface area contributed by atoms with E-state index >= 15 is 0 Å². The van der Waals surface area contributed by atoms with Crippen LogP contribution in [0.2, 0.25) is 0 Å². The number of carbonyl (C=O) groups is 1. The van der Waals surface area contributed by atoms with E-state index in [1.807, 2.05) is 6.92 Å². The Bertz CT molecular complexity index is 964. The summed E-state index contributed by atoms with van der Waals surface area (Å²) in [6.07, 6.45) is 2.91. The molecule has 2 aromatic rings. The first-order valence-electron chi connectivity index (χ1n) is 7.69. The smallest absolute Gasteiger partial charge is 0.341 e. The van der Waals surface area contributed by atoms with Crippen LogP contribution >= 0.6 is 0 Å². The number of aromatic amines is 1. The minimum atomic E-state index is -3.70. The van der Waals surface area contributed by atoms with E-state index in [1.165, 1.54) is 22.5 Å². The lowest BCUT2D eigenvalue weighted by atomic mass is 10.0. The van der Waals surface area contributed by atoms with Crippen LogP contribution in [0, 0.1) is 5.92 Å². The Kier molecular flexibility index (Phi) is 4.18. The molecule has 1 aromatic carbocycles. The Hall–Kier alpha value is -2.19. The summed E-state index contributed by atoms with van der Waals surface area (Å²) < 4.78 is 27.0. The fourth-order valence-corrected chi connectivity index (χ4v) is 4.66. The molecule has 7 nitrogen and oxygen atoms in total. The SMILES string of the molecule is CC1CCCN(S(=O)(=O)c2ccc3[nH]cc(C(=O)O)c(=O)c3c2)C1. The van der Waals surface area contributed by atoms with Gasteiger partial charge in [-0.05, 0) is 37.0 Å². The average molecular weight is 350 g/mol. The Morgan fingerprint density at radius 2 is 2.12 bits per heavy atom. The van der Waals surface area contributed by atoms with Gasteiger partial charge in [0.05, 0.1) is 4.90 Å². The van der Waals surface area contributed by atoms with Gasteiger partial charge in [0.2, 0.25) is 15.5 Å². The van der Waals surface area contributed by atoms with E-state index in [2.05, 4.69) is 4.98 Å². The lowest BCUT2D eigenvalue weighted by Gasteiger charge is -2.30. The number of sulfonamides is 1. The highest BCUT2D eigenvalue weighted by atomic mass is 32.2. The van der Waals surface area contributed by atoms with Gasteiger partial charge in [0.1, 0.15) is 5.56 Å². The van der Waals surface area contributed by atoms with Crippen LogP contribution in [0.4, 0.5) is 0 Å². The number of carboxylic acid groups (broad SMARTS) is 1. The summed E-state index contributed by atoms with van der Waals surface area (Å²) in [6.45, 7) is 2.91. The second-order valence-corrected chi connectivity index (χ2v) is 8.09. The Labute approximate surface area is 139 Å². The van der Waals surface area contributed by atoms with Crippen molar-refractivity contribution in [2.75, 3.05) is 13.1 Å². The number of aromatic carboxylic acids is 1. The number of rotatable bonds is 3. The highest BCUT2D eigenvalue weighted by molar-refractivity contribution is 7.89. The van der Waals surface area contributed by atoms with Crippen LogP contribution in [0.15, 0.2) is 34.1 Å². The molecule has 0 bridgehead atoms. The first-order chi connectivity index (χ1) is 11.3. The van der Waals surface area contributed by atoms with Gasteiger partial charge in [-0.25, -0.2) is 13.2 Å². The van der Waals surface area contributed by atoms with Gasteiger partial charge in [0.25, 0.3) is 0 Å². The number of fused-ring (bicyclic) bond motifs is 1. The van der Waals surface area contributed by atoms with Crippen LogP contribution in [0.1, 0.15) is 30.1 Å². The second kappa shape index (κ2) is 6.03. The van der Waals surface area contributed by atoms with E-state index in [0.717, 1.165) is 19.0 Å². The van der Waals surface area contributed by atoms with Crippen molar-refractivity contribution in [1.29, 1.82) is 0 Å². The van der Waals surface area contributed by atoms with Crippen molar-refractivity contribution < 1.29 is 18.3 Å². The number of carboxylic acids is 1. The number of aromatic nitrogens is 1. The molecule has 1 saturated heterocycles. The largest absolute Gasteiger partial charge is 0.477 e. The van der Waals surface area contributed by atoms with E-state index < -0.39 is 27.0 Å². The van der Waals surface area contributed by atoms with Crippen molar-refractivity contribution in [2.24, 2.45) is 5.92 Å². The molecule has 2 heterocycles. The predicted molar refractivity (Wildman–Crippen MR) is 88.7 cm³/mol. The highest BCUT2D eigenvalue weighted by Gasteiger charge is 2.29. The summed E-state index contributed by atoms with van der Waals surface area (Å²) in [4.78, 5) is 26.1. The fraction of sp³-hybridized carbons (Fsp3) is 0.375. The van der Waals surface area contributed by atoms with Gasteiger partial charge >= 0.3 is 5.97 Å². The monoisotopic (exact) mass is 350 g/mol. The topological polar surface area (TPSA) is 108 Å². The van der Waals surface area contributed by atoms with Crippen LogP contribution < -0.4 is 5.43 Å². The van der Waals surface area contributed by atoms with Gasteiger partial charge in [-0.2, -0.15) is 4.31 Å². The van der Waals surface area contributed by atoms with Gasteiger partial charge < -0.3 is 10.1 Å². The first-order valence-corrected chi connectivity index (χ1v) is 9.13. The molecule has 1 aromatic heterocycles. The minimum Gasteiger partial charge on any atom is -0.477 e. The van der Waals surface area contributed by atoms with Crippen LogP contribution in [0.25, 0.3) is 10.9 Å². The minimum absolute atomic E-state index is 0.0112. The van der Waals surface area contributed by atoms with Crippen LogP contribution in [0.5, 0.6) is 0 Å². The second-order valence-electron chi connectivity index (χ2n) is 6.15. The molecule has 0 radical (unpaired) electrons. The molecule has 1 aliphatic heterocycles. The predicted octanol–water partition coefficient (Wildman–Crippen LogP) is 1.65. The van der Waals surface area contributed by atoms with E-state index in [1.54, 1.807) is 0 Å². The summed E-state index contributed by atoms with van der Waals surface area (Å²) >= 11 is 0. The van der Waals surface area contributed by atoms with Crippen molar-refractivity contribution >= 4 is 26.9 Å². The Balaban J connectivity index is 2.11. The molecule has 0 aliphatic carbocycles. The lowest BCUT2D eigenvalue weighted by molar-refractivity contribution is 0.0695. The van der Waals surface area contributed by atoms with Crippen molar-refractivity contribution in [3.05, 3.63) is 40.2 Å². The molecule has 128 valence electrons. The van der Waals surface area contributed by atoms with E-state index in [4.69, 9.17) is 5.11 Å². The molecule has 24 heavy (non-hydrogen) atoms. The van der Waals surface area contributed by atoms with E-state index in [-0.39, 0.29) is 16.2 Å². The van der Waals surface area contributed by atoms with E-state index in [0.29, 0.717) is 18.6 Å². The summed E-state index contributed by atoms with van der Waals surface area (Å²) in [7, 11) is -3.70. The molecule has 1 unspecified atom stereocenters. The fourth-order valence-electron chi connectivity index (χ4n) is 3.03. The third kappa shape index (κ3) is 2.83. The molecule has 1 fully saturated rings. The van der Waals surface area contributed by atoms with Gasteiger partial charge in [-0.1, -0.05) is 6.92 Å². The lowest BCUT2D eigenvalue weighted by Crippen LogP contribution is -2.39. The van der Waals surface area contributed by atoms with Gasteiger partial charge in [0, 0.05) is 30.2 Å². The first kappa shape index (κ1) is 16.7. The molecule has 1 atom stereocenters. The third-order valence-electron chi connectivity index (χ3n) is 4.34. The Morgan fingerprint density at radius 1 is 1.38 bits per heavy atom. The molecule has 1 aliphatic rings. The summed E-state index contributed by atoms with van der Waals surface area (Å²) in [5.41, 5.74) is -0.708. The number of piperidine rings is 1. The van der Waals surface area contributed by atoms with Crippen LogP contribution in [0.3, 0.4) is 0 Å². The number of nitrogens with zero attached hydrogens (tertiary/aromatic N) is 1. The maximum atomic E-state index is 12.8. The molecule has 8 heteroatoms. The quantitative estimate of drug-likeness (QED) is 0.875.